The van der Waals surface area contributed by atoms with E-state index in [1.807, 2.05) is 35.1 Å². The molecule has 0 bridgehead atoms. The molecule has 1 aromatic carbocycles. The van der Waals surface area contributed by atoms with Crippen molar-refractivity contribution in [3.05, 3.63) is 42.2 Å². The molecule has 1 heterocycles. The Morgan fingerprint density at radius 3 is 2.94 bits per heavy atom. The van der Waals surface area contributed by atoms with Crippen LogP contribution in [-0.2, 0) is 0 Å². The molecule has 1 aromatic heterocycles. The fourth-order valence-corrected chi connectivity index (χ4v) is 1.82. The van der Waals surface area contributed by atoms with Crippen LogP contribution in [0.1, 0.15) is 29.2 Å². The molecule has 0 unspecified atom stereocenters. The third-order valence-corrected chi connectivity index (χ3v) is 2.88. The predicted octanol–water partition coefficient (Wildman–Crippen LogP) is 2.70. The van der Waals surface area contributed by atoms with E-state index >= 15 is 0 Å². The van der Waals surface area contributed by atoms with Crippen LogP contribution in [0.2, 0.25) is 0 Å². The standard InChI is InChI=1S/C13H12N2O/c16-9-10-2-1-3-11(6-10)12-7-14-15(8-12)13-4-5-13/h1-3,6-9,13H,4-5H2. The van der Waals surface area contributed by atoms with E-state index in [0.29, 0.717) is 11.6 Å². The SMILES string of the molecule is O=Cc1cccc(-c2cnn(C3CC3)c2)c1. The summed E-state index contributed by atoms with van der Waals surface area (Å²) in [5.74, 6) is 0. The second-order valence-corrected chi connectivity index (χ2v) is 4.18. The van der Waals surface area contributed by atoms with Gasteiger partial charge < -0.3 is 0 Å². The van der Waals surface area contributed by atoms with Crippen molar-refractivity contribution in [3.8, 4) is 11.1 Å². The lowest BCUT2D eigenvalue weighted by Crippen LogP contribution is -1.91. The van der Waals surface area contributed by atoms with Gasteiger partial charge >= 0.3 is 0 Å². The molecule has 0 saturated heterocycles. The van der Waals surface area contributed by atoms with Crippen LogP contribution in [0.5, 0.6) is 0 Å². The first-order chi connectivity index (χ1) is 7.86. The fraction of sp³-hybridized carbons (Fsp3) is 0.231. The van der Waals surface area contributed by atoms with Crippen molar-refractivity contribution in [2.45, 2.75) is 18.9 Å². The van der Waals surface area contributed by atoms with Gasteiger partial charge in [-0.2, -0.15) is 5.10 Å². The van der Waals surface area contributed by atoms with Crippen LogP contribution in [0, 0.1) is 0 Å². The molecular formula is C13H12N2O. The van der Waals surface area contributed by atoms with Crippen LogP contribution >= 0.6 is 0 Å². The molecule has 2 aromatic rings. The smallest absolute Gasteiger partial charge is 0.150 e. The van der Waals surface area contributed by atoms with Gasteiger partial charge in [0.05, 0.1) is 12.2 Å². The highest BCUT2D eigenvalue weighted by Gasteiger charge is 2.24. The summed E-state index contributed by atoms with van der Waals surface area (Å²) in [7, 11) is 0. The summed E-state index contributed by atoms with van der Waals surface area (Å²) >= 11 is 0. The van der Waals surface area contributed by atoms with Crippen molar-refractivity contribution < 1.29 is 4.79 Å². The van der Waals surface area contributed by atoms with Gasteiger partial charge in [-0.15, -0.1) is 0 Å². The normalized spacial score (nSPS) is 15.0. The third-order valence-electron chi connectivity index (χ3n) is 2.88. The van der Waals surface area contributed by atoms with Crippen LogP contribution in [0.3, 0.4) is 0 Å². The molecule has 1 aliphatic rings. The zero-order valence-electron chi connectivity index (χ0n) is 8.84. The first kappa shape index (κ1) is 9.33. The number of carbonyl (C=O) groups excluding carboxylic acids is 1. The van der Waals surface area contributed by atoms with Crippen molar-refractivity contribution in [1.82, 2.24) is 9.78 Å². The minimum absolute atomic E-state index is 0.600. The zero-order valence-corrected chi connectivity index (χ0v) is 8.84. The molecule has 0 N–H and O–H groups in total. The summed E-state index contributed by atoms with van der Waals surface area (Å²) < 4.78 is 2.02. The van der Waals surface area contributed by atoms with Gasteiger partial charge in [-0.25, -0.2) is 0 Å². The molecule has 1 aliphatic carbocycles. The second kappa shape index (κ2) is 3.59. The molecule has 3 heteroatoms. The predicted molar refractivity (Wildman–Crippen MR) is 61.3 cm³/mol. The number of hydrogen-bond donors (Lipinski definition) is 0. The Balaban J connectivity index is 1.96. The average molecular weight is 212 g/mol. The quantitative estimate of drug-likeness (QED) is 0.733. The lowest BCUT2D eigenvalue weighted by Gasteiger charge is -1.98. The first-order valence-electron chi connectivity index (χ1n) is 5.46. The minimum Gasteiger partial charge on any atom is -0.298 e. The number of aldehydes is 1. The highest BCUT2D eigenvalue weighted by Crippen LogP contribution is 2.35. The van der Waals surface area contributed by atoms with Gasteiger partial charge in [-0.3, -0.25) is 9.48 Å². The fourth-order valence-electron chi connectivity index (χ4n) is 1.82. The number of carbonyl (C=O) groups is 1. The van der Waals surface area contributed by atoms with E-state index < -0.39 is 0 Å². The van der Waals surface area contributed by atoms with Crippen LogP contribution in [0.4, 0.5) is 0 Å². The van der Waals surface area contributed by atoms with E-state index in [1.54, 1.807) is 0 Å². The first-order valence-corrected chi connectivity index (χ1v) is 5.46. The van der Waals surface area contributed by atoms with Crippen molar-refractivity contribution >= 4 is 6.29 Å². The van der Waals surface area contributed by atoms with E-state index in [2.05, 4.69) is 11.3 Å². The Kier molecular flexibility index (Phi) is 2.10. The van der Waals surface area contributed by atoms with Crippen molar-refractivity contribution in [1.29, 1.82) is 0 Å². The molecule has 0 spiro atoms. The lowest BCUT2D eigenvalue weighted by atomic mass is 10.1. The molecule has 0 aliphatic heterocycles. The number of benzene rings is 1. The largest absolute Gasteiger partial charge is 0.298 e. The molecule has 16 heavy (non-hydrogen) atoms. The van der Waals surface area contributed by atoms with Gasteiger partial charge in [0.1, 0.15) is 6.29 Å². The summed E-state index contributed by atoms with van der Waals surface area (Å²) in [6, 6.07) is 8.20. The molecule has 80 valence electrons. The summed E-state index contributed by atoms with van der Waals surface area (Å²) in [5, 5.41) is 4.34. The van der Waals surface area contributed by atoms with Crippen LogP contribution < -0.4 is 0 Å². The molecule has 3 nitrogen and oxygen atoms in total. The van der Waals surface area contributed by atoms with Crippen LogP contribution in [-0.4, -0.2) is 16.1 Å². The van der Waals surface area contributed by atoms with Gasteiger partial charge in [0, 0.05) is 17.3 Å². The van der Waals surface area contributed by atoms with Crippen LogP contribution in [0.25, 0.3) is 11.1 Å². The Bertz CT molecular complexity index is 526. The topological polar surface area (TPSA) is 34.9 Å². The van der Waals surface area contributed by atoms with E-state index in [0.717, 1.165) is 17.4 Å². The van der Waals surface area contributed by atoms with E-state index in [1.165, 1.54) is 12.8 Å². The van der Waals surface area contributed by atoms with Gasteiger partial charge in [-0.1, -0.05) is 18.2 Å². The van der Waals surface area contributed by atoms with Crippen molar-refractivity contribution in [2.24, 2.45) is 0 Å². The summed E-state index contributed by atoms with van der Waals surface area (Å²) in [5.41, 5.74) is 2.84. The maximum atomic E-state index is 10.7. The molecular weight excluding hydrogens is 200 g/mol. The molecule has 3 rings (SSSR count). The van der Waals surface area contributed by atoms with Gasteiger partial charge in [0.25, 0.3) is 0 Å². The van der Waals surface area contributed by atoms with E-state index in [-0.39, 0.29) is 0 Å². The Labute approximate surface area is 93.7 Å². The molecule has 1 saturated carbocycles. The molecule has 0 amide bonds. The number of rotatable bonds is 3. The summed E-state index contributed by atoms with van der Waals surface area (Å²) in [4.78, 5) is 10.7. The second-order valence-electron chi connectivity index (χ2n) is 4.18. The van der Waals surface area contributed by atoms with Crippen LogP contribution in [0.15, 0.2) is 36.7 Å². The van der Waals surface area contributed by atoms with Crippen molar-refractivity contribution in [2.75, 3.05) is 0 Å². The van der Waals surface area contributed by atoms with Gasteiger partial charge in [-0.05, 0) is 24.5 Å². The molecule has 1 fully saturated rings. The molecule has 0 atom stereocenters. The Morgan fingerprint density at radius 1 is 1.31 bits per heavy atom. The maximum Gasteiger partial charge on any atom is 0.150 e. The highest BCUT2D eigenvalue weighted by molar-refractivity contribution is 5.78. The van der Waals surface area contributed by atoms with Crippen molar-refractivity contribution in [3.63, 3.8) is 0 Å². The Hall–Kier alpha value is -1.90. The molecule has 0 radical (unpaired) electrons. The lowest BCUT2D eigenvalue weighted by molar-refractivity contribution is 0.112. The average Bonchev–Trinajstić information content (AvgIpc) is 3.07. The maximum absolute atomic E-state index is 10.7. The minimum atomic E-state index is 0.600. The highest BCUT2D eigenvalue weighted by atomic mass is 16.1. The Morgan fingerprint density at radius 2 is 2.19 bits per heavy atom. The zero-order chi connectivity index (χ0) is 11.0. The van der Waals surface area contributed by atoms with Gasteiger partial charge in [0.15, 0.2) is 0 Å². The number of aromatic nitrogens is 2. The summed E-state index contributed by atoms with van der Waals surface area (Å²) in [6.45, 7) is 0. The van der Waals surface area contributed by atoms with Gasteiger partial charge in [0.2, 0.25) is 0 Å². The summed E-state index contributed by atoms with van der Waals surface area (Å²) in [6.07, 6.45) is 7.25. The van der Waals surface area contributed by atoms with E-state index in [4.69, 9.17) is 0 Å². The monoisotopic (exact) mass is 212 g/mol. The number of hydrogen-bond acceptors (Lipinski definition) is 2. The van der Waals surface area contributed by atoms with E-state index in [9.17, 15) is 4.79 Å². The third kappa shape index (κ3) is 1.65. The number of nitrogens with zero attached hydrogens (tertiary/aromatic N) is 2.